The molecule has 0 spiro atoms. The van der Waals surface area contributed by atoms with Gasteiger partial charge in [0, 0.05) is 36.0 Å². The molecule has 2 nitrogen and oxygen atoms in total. The maximum Gasteiger partial charge on any atom is 0.0508 e. The predicted molar refractivity (Wildman–Crippen MR) is 109 cm³/mol. The van der Waals surface area contributed by atoms with Crippen LogP contribution in [0.5, 0.6) is 0 Å². The molecule has 5 heteroatoms. The fourth-order valence-corrected chi connectivity index (χ4v) is 3.78. The summed E-state index contributed by atoms with van der Waals surface area (Å²) in [7, 11) is 0. The highest BCUT2D eigenvalue weighted by molar-refractivity contribution is 8.93. The molecule has 0 unspecified atom stereocenters. The van der Waals surface area contributed by atoms with E-state index in [0.717, 1.165) is 26.2 Å². The average Bonchev–Trinajstić information content (AvgIpc) is 2.51. The largest absolute Gasteiger partial charge is 0.368 e. The van der Waals surface area contributed by atoms with Gasteiger partial charge in [0.1, 0.15) is 0 Å². The normalized spacial score (nSPS) is 13.9. The first-order chi connectivity index (χ1) is 10.2. The SMILES string of the molecule is Br.Cc1ccc(Sc2ccccc2N2CCNCC2)c(C)c1.Cl. The summed E-state index contributed by atoms with van der Waals surface area (Å²) in [6, 6.07) is 15.5. The second-order valence-electron chi connectivity index (χ2n) is 5.58. The lowest BCUT2D eigenvalue weighted by Gasteiger charge is -2.31. The Hall–Kier alpha value is -0.680. The lowest BCUT2D eigenvalue weighted by Crippen LogP contribution is -2.43. The molecule has 1 saturated heterocycles. The van der Waals surface area contributed by atoms with E-state index in [1.165, 1.54) is 26.6 Å². The van der Waals surface area contributed by atoms with Crippen LogP contribution in [-0.2, 0) is 0 Å². The summed E-state index contributed by atoms with van der Waals surface area (Å²) in [5.41, 5.74) is 4.05. The molecule has 1 fully saturated rings. The molecular formula is C18H24BrClN2S. The molecule has 126 valence electrons. The molecule has 1 N–H and O–H groups in total. The number of piperazine rings is 1. The lowest BCUT2D eigenvalue weighted by molar-refractivity contribution is 0.587. The first kappa shape index (κ1) is 20.4. The van der Waals surface area contributed by atoms with Crippen LogP contribution >= 0.6 is 41.2 Å². The van der Waals surface area contributed by atoms with Crippen LogP contribution in [0.25, 0.3) is 0 Å². The number of nitrogens with one attached hydrogen (secondary N) is 1. The number of hydrogen-bond donors (Lipinski definition) is 1. The summed E-state index contributed by atoms with van der Waals surface area (Å²) < 4.78 is 0. The summed E-state index contributed by atoms with van der Waals surface area (Å²) >= 11 is 1.88. The average molecular weight is 416 g/mol. The zero-order chi connectivity index (χ0) is 14.7. The Labute approximate surface area is 160 Å². The Morgan fingerprint density at radius 3 is 2.35 bits per heavy atom. The monoisotopic (exact) mass is 414 g/mol. The number of anilines is 1. The lowest BCUT2D eigenvalue weighted by atomic mass is 10.2. The molecule has 0 aromatic heterocycles. The van der Waals surface area contributed by atoms with Gasteiger partial charge in [0.15, 0.2) is 0 Å². The van der Waals surface area contributed by atoms with Crippen molar-refractivity contribution in [2.75, 3.05) is 31.1 Å². The van der Waals surface area contributed by atoms with Gasteiger partial charge in [-0.15, -0.1) is 29.4 Å². The van der Waals surface area contributed by atoms with Gasteiger partial charge in [0.05, 0.1) is 5.69 Å². The molecular weight excluding hydrogens is 392 g/mol. The molecule has 1 heterocycles. The van der Waals surface area contributed by atoms with Crippen molar-refractivity contribution in [3.8, 4) is 0 Å². The number of para-hydroxylation sites is 1. The van der Waals surface area contributed by atoms with Gasteiger partial charge in [-0.2, -0.15) is 0 Å². The van der Waals surface area contributed by atoms with Crippen molar-refractivity contribution in [1.82, 2.24) is 5.32 Å². The van der Waals surface area contributed by atoms with Gasteiger partial charge in [0.2, 0.25) is 0 Å². The Morgan fingerprint density at radius 2 is 1.65 bits per heavy atom. The Balaban J connectivity index is 0.00000132. The molecule has 3 rings (SSSR count). The van der Waals surface area contributed by atoms with Crippen LogP contribution in [0, 0.1) is 13.8 Å². The fourth-order valence-electron chi connectivity index (χ4n) is 2.74. The summed E-state index contributed by atoms with van der Waals surface area (Å²) in [5.74, 6) is 0. The number of halogens is 2. The standard InChI is InChI=1S/C18H22N2S.BrH.ClH/c1-14-7-8-17(15(2)13-14)21-18-6-4-3-5-16(18)20-11-9-19-10-12-20;;/h3-8,13,19H,9-12H2,1-2H3;2*1H. The van der Waals surface area contributed by atoms with Crippen LogP contribution in [0.3, 0.4) is 0 Å². The summed E-state index contributed by atoms with van der Waals surface area (Å²) in [6.07, 6.45) is 0. The van der Waals surface area contributed by atoms with E-state index >= 15 is 0 Å². The van der Waals surface area contributed by atoms with Crippen LogP contribution < -0.4 is 10.2 Å². The van der Waals surface area contributed by atoms with Crippen LogP contribution in [-0.4, -0.2) is 26.2 Å². The van der Waals surface area contributed by atoms with Crippen molar-refractivity contribution in [3.05, 3.63) is 53.6 Å². The molecule has 2 aromatic carbocycles. The van der Waals surface area contributed by atoms with Crippen LogP contribution in [0.15, 0.2) is 52.3 Å². The van der Waals surface area contributed by atoms with Gasteiger partial charge in [-0.3, -0.25) is 0 Å². The molecule has 0 bridgehead atoms. The van der Waals surface area contributed by atoms with Gasteiger partial charge in [-0.25, -0.2) is 0 Å². The van der Waals surface area contributed by atoms with E-state index in [0.29, 0.717) is 0 Å². The smallest absolute Gasteiger partial charge is 0.0508 e. The fraction of sp³-hybridized carbons (Fsp3) is 0.333. The second kappa shape index (κ2) is 9.58. The van der Waals surface area contributed by atoms with Crippen LogP contribution in [0.1, 0.15) is 11.1 Å². The van der Waals surface area contributed by atoms with Gasteiger partial charge in [-0.1, -0.05) is 41.6 Å². The van der Waals surface area contributed by atoms with Crippen molar-refractivity contribution >= 4 is 46.8 Å². The van der Waals surface area contributed by atoms with E-state index in [-0.39, 0.29) is 29.4 Å². The number of aryl methyl sites for hydroxylation is 2. The van der Waals surface area contributed by atoms with Crippen molar-refractivity contribution in [2.45, 2.75) is 23.6 Å². The maximum absolute atomic E-state index is 3.42. The predicted octanol–water partition coefficient (Wildman–Crippen LogP) is 4.86. The first-order valence-corrected chi connectivity index (χ1v) is 8.35. The van der Waals surface area contributed by atoms with Crippen molar-refractivity contribution in [3.63, 3.8) is 0 Å². The van der Waals surface area contributed by atoms with E-state index in [9.17, 15) is 0 Å². The minimum atomic E-state index is 0. The molecule has 1 aliphatic heterocycles. The second-order valence-corrected chi connectivity index (χ2v) is 6.66. The van der Waals surface area contributed by atoms with Gasteiger partial charge >= 0.3 is 0 Å². The zero-order valence-corrected chi connectivity index (χ0v) is 16.9. The third kappa shape index (κ3) is 5.15. The minimum Gasteiger partial charge on any atom is -0.368 e. The quantitative estimate of drug-likeness (QED) is 0.770. The van der Waals surface area contributed by atoms with E-state index in [2.05, 4.69) is 66.5 Å². The molecule has 0 saturated carbocycles. The zero-order valence-electron chi connectivity index (χ0n) is 13.5. The number of nitrogens with zero attached hydrogens (tertiary/aromatic N) is 1. The van der Waals surface area contributed by atoms with Crippen LogP contribution in [0.2, 0.25) is 0 Å². The van der Waals surface area contributed by atoms with Gasteiger partial charge < -0.3 is 10.2 Å². The first-order valence-electron chi connectivity index (χ1n) is 7.54. The highest BCUT2D eigenvalue weighted by Crippen LogP contribution is 2.37. The van der Waals surface area contributed by atoms with Crippen molar-refractivity contribution in [1.29, 1.82) is 0 Å². The highest BCUT2D eigenvalue weighted by atomic mass is 79.9. The Morgan fingerprint density at radius 1 is 0.957 bits per heavy atom. The van der Waals surface area contributed by atoms with Gasteiger partial charge in [0.25, 0.3) is 0 Å². The van der Waals surface area contributed by atoms with E-state index in [1.807, 2.05) is 11.8 Å². The molecule has 2 aromatic rings. The Bertz CT molecular complexity index is 630. The van der Waals surface area contributed by atoms with Crippen molar-refractivity contribution < 1.29 is 0 Å². The highest BCUT2D eigenvalue weighted by Gasteiger charge is 2.14. The minimum absolute atomic E-state index is 0. The molecule has 0 radical (unpaired) electrons. The maximum atomic E-state index is 3.42. The number of hydrogen-bond acceptors (Lipinski definition) is 3. The summed E-state index contributed by atoms with van der Waals surface area (Å²) in [5, 5.41) is 3.42. The number of rotatable bonds is 3. The topological polar surface area (TPSA) is 15.3 Å². The van der Waals surface area contributed by atoms with E-state index in [4.69, 9.17) is 0 Å². The van der Waals surface area contributed by atoms with E-state index in [1.54, 1.807) is 0 Å². The Kier molecular flexibility index (Phi) is 8.48. The molecule has 0 aliphatic carbocycles. The summed E-state index contributed by atoms with van der Waals surface area (Å²) in [4.78, 5) is 5.19. The molecule has 0 amide bonds. The molecule has 1 aliphatic rings. The molecule has 23 heavy (non-hydrogen) atoms. The molecule has 0 atom stereocenters. The van der Waals surface area contributed by atoms with Crippen LogP contribution in [0.4, 0.5) is 5.69 Å². The summed E-state index contributed by atoms with van der Waals surface area (Å²) in [6.45, 7) is 8.67. The third-order valence-electron chi connectivity index (χ3n) is 3.87. The van der Waals surface area contributed by atoms with Gasteiger partial charge in [-0.05, 0) is 37.6 Å². The number of benzene rings is 2. The third-order valence-corrected chi connectivity index (χ3v) is 5.12. The van der Waals surface area contributed by atoms with Crippen molar-refractivity contribution in [2.24, 2.45) is 0 Å². The van der Waals surface area contributed by atoms with E-state index < -0.39 is 0 Å².